The molecule has 0 bridgehead atoms. The molecule has 108 valence electrons. The molecule has 0 aliphatic carbocycles. The van der Waals surface area contributed by atoms with E-state index in [2.05, 4.69) is 15.0 Å². The lowest BCUT2D eigenvalue weighted by Gasteiger charge is -2.11. The number of amides is 1. The van der Waals surface area contributed by atoms with Gasteiger partial charge < -0.3 is 4.74 Å². The molecular formula is C12H11F3N2O3. The molecule has 1 aromatic rings. The van der Waals surface area contributed by atoms with Crippen LogP contribution < -0.4 is 5.32 Å². The summed E-state index contributed by atoms with van der Waals surface area (Å²) in [7, 11) is 0. The van der Waals surface area contributed by atoms with Crippen molar-refractivity contribution in [1.29, 1.82) is 0 Å². The van der Waals surface area contributed by atoms with Crippen LogP contribution >= 0.6 is 0 Å². The van der Waals surface area contributed by atoms with Crippen LogP contribution in [0.2, 0.25) is 0 Å². The number of aliphatic imine (C=N–C) groups is 1. The third kappa shape index (κ3) is 5.11. The summed E-state index contributed by atoms with van der Waals surface area (Å²) >= 11 is 0. The van der Waals surface area contributed by atoms with Crippen molar-refractivity contribution in [3.8, 4) is 0 Å². The molecule has 0 aliphatic heterocycles. The predicted octanol–water partition coefficient (Wildman–Crippen LogP) is 3.46. The third-order valence-electron chi connectivity index (χ3n) is 2.33. The fourth-order valence-electron chi connectivity index (χ4n) is 1.33. The Morgan fingerprint density at radius 1 is 1.45 bits per heavy atom. The van der Waals surface area contributed by atoms with Gasteiger partial charge in [-0.1, -0.05) is 6.07 Å². The maximum atomic E-state index is 11.9. The molecule has 0 aliphatic rings. The molecule has 1 N–H and O–H groups in total. The van der Waals surface area contributed by atoms with Crippen LogP contribution in [-0.4, -0.2) is 25.0 Å². The van der Waals surface area contributed by atoms with Crippen molar-refractivity contribution < 1.29 is 27.5 Å². The van der Waals surface area contributed by atoms with Gasteiger partial charge in [-0.15, -0.1) is 0 Å². The lowest BCUT2D eigenvalue weighted by Crippen LogP contribution is -2.18. The molecule has 1 aromatic carbocycles. The number of alkyl halides is 3. The summed E-state index contributed by atoms with van der Waals surface area (Å²) in [6, 6.07) is 4.55. The molecular weight excluding hydrogens is 277 g/mol. The van der Waals surface area contributed by atoms with Gasteiger partial charge in [0.25, 0.3) is 0 Å². The van der Waals surface area contributed by atoms with E-state index in [9.17, 15) is 22.8 Å². The zero-order valence-corrected chi connectivity index (χ0v) is 10.5. The number of rotatable bonds is 4. The van der Waals surface area contributed by atoms with Crippen molar-refractivity contribution in [2.45, 2.75) is 19.5 Å². The number of ether oxygens (including phenoxy) is 1. The second-order valence-corrected chi connectivity index (χ2v) is 3.78. The van der Waals surface area contributed by atoms with E-state index in [0.717, 1.165) is 0 Å². The number of anilines is 1. The lowest BCUT2D eigenvalue weighted by atomic mass is 10.1. The van der Waals surface area contributed by atoms with Gasteiger partial charge in [-0.3, -0.25) is 5.32 Å². The maximum absolute atomic E-state index is 11.9. The van der Waals surface area contributed by atoms with Crippen LogP contribution in [0.4, 0.5) is 29.3 Å². The molecule has 0 aromatic heterocycles. The zero-order valence-electron chi connectivity index (χ0n) is 10.5. The van der Waals surface area contributed by atoms with Crippen molar-refractivity contribution in [3.63, 3.8) is 0 Å². The highest BCUT2D eigenvalue weighted by Crippen LogP contribution is 2.25. The number of hydrogen-bond acceptors (Lipinski definition) is 4. The number of isocyanates is 1. The second-order valence-electron chi connectivity index (χ2n) is 3.78. The average molecular weight is 288 g/mol. The van der Waals surface area contributed by atoms with Gasteiger partial charge >= 0.3 is 12.3 Å². The predicted molar refractivity (Wildman–Crippen MR) is 64.6 cm³/mol. The minimum Gasteiger partial charge on any atom is -0.449 e. The molecule has 8 heteroatoms. The second kappa shape index (κ2) is 6.72. The Morgan fingerprint density at radius 2 is 2.15 bits per heavy atom. The monoisotopic (exact) mass is 288 g/mol. The molecule has 0 unspecified atom stereocenters. The van der Waals surface area contributed by atoms with E-state index in [4.69, 9.17) is 0 Å². The van der Waals surface area contributed by atoms with Gasteiger partial charge in [0.15, 0.2) is 0 Å². The fraction of sp³-hybridized carbons (Fsp3) is 0.333. The SMILES string of the molecule is Cc1c(N=C=O)cccc1NC(=O)OCCC(F)(F)F. The number of nitrogens with zero attached hydrogens (tertiary/aromatic N) is 1. The highest BCUT2D eigenvalue weighted by Gasteiger charge is 2.27. The van der Waals surface area contributed by atoms with Crippen molar-refractivity contribution in [3.05, 3.63) is 23.8 Å². The highest BCUT2D eigenvalue weighted by atomic mass is 19.4. The highest BCUT2D eigenvalue weighted by molar-refractivity contribution is 5.87. The summed E-state index contributed by atoms with van der Waals surface area (Å²) in [6.07, 6.45) is -5.24. The number of carbonyl (C=O) groups is 1. The third-order valence-corrected chi connectivity index (χ3v) is 2.33. The largest absolute Gasteiger partial charge is 0.449 e. The number of carbonyl (C=O) groups excluding carboxylic acids is 2. The number of benzene rings is 1. The fourth-order valence-corrected chi connectivity index (χ4v) is 1.33. The normalized spacial score (nSPS) is 10.6. The van der Waals surface area contributed by atoms with Crippen molar-refractivity contribution in [2.24, 2.45) is 4.99 Å². The Hall–Kier alpha value is -2.34. The summed E-state index contributed by atoms with van der Waals surface area (Å²) in [5.41, 5.74) is 1.07. The Labute approximate surface area is 112 Å². The molecule has 0 saturated carbocycles. The van der Waals surface area contributed by atoms with E-state index in [0.29, 0.717) is 16.9 Å². The standard InChI is InChI=1S/C12H11F3N2O3/c1-8-9(16-7-18)3-2-4-10(8)17-11(19)20-6-5-12(13,14)15/h2-4H,5-6H2,1H3,(H,17,19). The van der Waals surface area contributed by atoms with Crippen molar-refractivity contribution in [2.75, 3.05) is 11.9 Å². The Kier molecular flexibility index (Phi) is 5.28. The molecule has 20 heavy (non-hydrogen) atoms. The molecule has 0 atom stereocenters. The zero-order chi connectivity index (χ0) is 15.2. The first kappa shape index (κ1) is 15.7. The van der Waals surface area contributed by atoms with Crippen LogP contribution in [0, 0.1) is 6.92 Å². The number of nitrogens with one attached hydrogen (secondary N) is 1. The summed E-state index contributed by atoms with van der Waals surface area (Å²) < 4.78 is 40.0. The summed E-state index contributed by atoms with van der Waals surface area (Å²) in [5, 5.41) is 2.28. The van der Waals surface area contributed by atoms with Crippen LogP contribution in [0.3, 0.4) is 0 Å². The van der Waals surface area contributed by atoms with Gasteiger partial charge in [-0.2, -0.15) is 18.2 Å². The first-order valence-corrected chi connectivity index (χ1v) is 5.51. The van der Waals surface area contributed by atoms with Gasteiger partial charge in [-0.25, -0.2) is 9.59 Å². The molecule has 1 amide bonds. The van der Waals surface area contributed by atoms with E-state index in [1.165, 1.54) is 24.3 Å². The van der Waals surface area contributed by atoms with E-state index >= 15 is 0 Å². The number of hydrogen-bond donors (Lipinski definition) is 1. The topological polar surface area (TPSA) is 67.8 Å². The van der Waals surface area contributed by atoms with Crippen molar-refractivity contribution in [1.82, 2.24) is 0 Å². The van der Waals surface area contributed by atoms with E-state index in [-0.39, 0.29) is 0 Å². The van der Waals surface area contributed by atoms with Crippen LogP contribution in [0.15, 0.2) is 23.2 Å². The first-order chi connectivity index (χ1) is 9.33. The van der Waals surface area contributed by atoms with E-state index in [1.807, 2.05) is 0 Å². The van der Waals surface area contributed by atoms with Crippen LogP contribution in [0.5, 0.6) is 0 Å². The van der Waals surface area contributed by atoms with Crippen LogP contribution in [0.1, 0.15) is 12.0 Å². The molecule has 0 fully saturated rings. The molecule has 0 radical (unpaired) electrons. The lowest BCUT2D eigenvalue weighted by molar-refractivity contribution is -0.140. The summed E-state index contributed by atoms with van der Waals surface area (Å²) in [6.45, 7) is 0.821. The molecule has 1 rings (SSSR count). The quantitative estimate of drug-likeness (QED) is 0.681. The minimum absolute atomic E-state index is 0.290. The minimum atomic E-state index is -4.38. The maximum Gasteiger partial charge on any atom is 0.411 e. The molecule has 0 spiro atoms. The molecule has 5 nitrogen and oxygen atoms in total. The van der Waals surface area contributed by atoms with Gasteiger partial charge in [-0.05, 0) is 24.6 Å². The molecule has 0 heterocycles. The van der Waals surface area contributed by atoms with Gasteiger partial charge in [0.2, 0.25) is 6.08 Å². The molecule has 0 saturated heterocycles. The van der Waals surface area contributed by atoms with Crippen molar-refractivity contribution >= 4 is 23.5 Å². The summed E-state index contributed by atoms with van der Waals surface area (Å²) in [4.78, 5) is 24.9. The smallest absolute Gasteiger partial charge is 0.411 e. The van der Waals surface area contributed by atoms with Gasteiger partial charge in [0.1, 0.15) is 6.61 Å². The van der Waals surface area contributed by atoms with E-state index < -0.39 is 25.3 Å². The first-order valence-electron chi connectivity index (χ1n) is 5.51. The van der Waals surface area contributed by atoms with Crippen LogP contribution in [-0.2, 0) is 9.53 Å². The Bertz CT molecular complexity index is 537. The number of halogens is 3. The average Bonchev–Trinajstić information content (AvgIpc) is 2.33. The van der Waals surface area contributed by atoms with Gasteiger partial charge in [0.05, 0.1) is 12.1 Å². The van der Waals surface area contributed by atoms with Gasteiger partial charge in [0, 0.05) is 5.69 Å². The Morgan fingerprint density at radius 3 is 2.75 bits per heavy atom. The van der Waals surface area contributed by atoms with E-state index in [1.54, 1.807) is 6.92 Å². The summed E-state index contributed by atoms with van der Waals surface area (Å²) in [5.74, 6) is 0. The van der Waals surface area contributed by atoms with Crippen LogP contribution in [0.25, 0.3) is 0 Å². The Balaban J connectivity index is 2.62.